The minimum absolute atomic E-state index is 0.0185. The molecule has 5 heteroatoms. The summed E-state index contributed by atoms with van der Waals surface area (Å²) in [5.74, 6) is 0. The SMILES string of the molecule is CC(C)(C)OC(N)=O.CC(C)OC(C)CO. The molecule has 0 aliphatic carbocycles. The summed E-state index contributed by atoms with van der Waals surface area (Å²) in [6, 6.07) is 0. The maximum atomic E-state index is 10.0. The van der Waals surface area contributed by atoms with Crippen molar-refractivity contribution in [2.75, 3.05) is 6.61 Å². The number of aliphatic hydroxyl groups is 1. The number of amides is 1. The Morgan fingerprint density at radius 3 is 1.81 bits per heavy atom. The van der Waals surface area contributed by atoms with Crippen molar-refractivity contribution in [1.82, 2.24) is 0 Å². The van der Waals surface area contributed by atoms with Crippen LogP contribution in [0.5, 0.6) is 0 Å². The van der Waals surface area contributed by atoms with Crippen molar-refractivity contribution in [3.8, 4) is 0 Å². The summed E-state index contributed by atoms with van der Waals surface area (Å²) in [6.45, 7) is 11.1. The van der Waals surface area contributed by atoms with E-state index in [-0.39, 0.29) is 18.8 Å². The molecule has 0 heterocycles. The van der Waals surface area contributed by atoms with Crippen molar-refractivity contribution in [3.63, 3.8) is 0 Å². The number of hydrogen-bond acceptors (Lipinski definition) is 4. The third kappa shape index (κ3) is 18.9. The molecule has 0 aromatic rings. The van der Waals surface area contributed by atoms with Gasteiger partial charge in [0, 0.05) is 0 Å². The Kier molecular flexibility index (Phi) is 9.18. The van der Waals surface area contributed by atoms with E-state index < -0.39 is 11.7 Å². The maximum Gasteiger partial charge on any atom is 0.405 e. The number of nitrogens with two attached hydrogens (primary N) is 1. The van der Waals surface area contributed by atoms with Gasteiger partial charge in [-0.1, -0.05) is 0 Å². The zero-order valence-corrected chi connectivity index (χ0v) is 11.1. The molecule has 16 heavy (non-hydrogen) atoms. The highest BCUT2D eigenvalue weighted by Gasteiger charge is 2.12. The Balaban J connectivity index is 0. The van der Waals surface area contributed by atoms with Gasteiger partial charge in [0.05, 0.1) is 18.8 Å². The van der Waals surface area contributed by atoms with Gasteiger partial charge in [-0.3, -0.25) is 0 Å². The molecule has 0 aromatic heterocycles. The standard InChI is InChI=1S/C6H14O2.C5H11NO2/c1-5(2)8-6(3)4-7;1-5(2,3)8-4(6)7/h5-7H,4H2,1-3H3;1-3H3,(H2,6,7). The first-order chi connectivity index (χ1) is 7.08. The second-order valence-electron chi connectivity index (χ2n) is 4.71. The third-order valence-electron chi connectivity index (χ3n) is 1.17. The summed E-state index contributed by atoms with van der Waals surface area (Å²) in [4.78, 5) is 10.0. The molecule has 0 fully saturated rings. The van der Waals surface area contributed by atoms with E-state index in [1.165, 1.54) is 0 Å². The van der Waals surface area contributed by atoms with Gasteiger partial charge in [-0.15, -0.1) is 0 Å². The summed E-state index contributed by atoms with van der Waals surface area (Å²) in [7, 11) is 0. The molecule has 98 valence electrons. The summed E-state index contributed by atoms with van der Waals surface area (Å²) in [5.41, 5.74) is 4.26. The summed E-state index contributed by atoms with van der Waals surface area (Å²) in [6.07, 6.45) is -0.523. The molecule has 0 rings (SSSR count). The van der Waals surface area contributed by atoms with Crippen LogP contribution in [-0.2, 0) is 9.47 Å². The van der Waals surface area contributed by atoms with E-state index >= 15 is 0 Å². The molecular weight excluding hydrogens is 210 g/mol. The van der Waals surface area contributed by atoms with Crippen LogP contribution in [0.2, 0.25) is 0 Å². The highest BCUT2D eigenvalue weighted by Crippen LogP contribution is 2.04. The van der Waals surface area contributed by atoms with Gasteiger partial charge in [0.25, 0.3) is 0 Å². The van der Waals surface area contributed by atoms with Gasteiger partial charge in [-0.2, -0.15) is 0 Å². The molecule has 3 N–H and O–H groups in total. The van der Waals surface area contributed by atoms with Crippen molar-refractivity contribution in [3.05, 3.63) is 0 Å². The van der Waals surface area contributed by atoms with Crippen LogP contribution < -0.4 is 5.73 Å². The van der Waals surface area contributed by atoms with Gasteiger partial charge < -0.3 is 20.3 Å². The summed E-state index contributed by atoms with van der Waals surface area (Å²) < 4.78 is 9.73. The molecule has 0 radical (unpaired) electrons. The molecule has 0 bridgehead atoms. The maximum absolute atomic E-state index is 10.0. The number of aliphatic hydroxyl groups excluding tert-OH is 1. The predicted molar refractivity (Wildman–Crippen MR) is 63.2 cm³/mol. The second kappa shape index (κ2) is 8.35. The number of ether oxygens (including phenoxy) is 2. The van der Waals surface area contributed by atoms with Gasteiger partial charge in [-0.25, -0.2) is 4.79 Å². The number of rotatable bonds is 3. The number of carbonyl (C=O) groups is 1. The molecule has 0 saturated heterocycles. The molecule has 0 spiro atoms. The van der Waals surface area contributed by atoms with E-state index in [0.29, 0.717) is 0 Å². The Morgan fingerprint density at radius 2 is 1.75 bits per heavy atom. The average Bonchev–Trinajstić information content (AvgIpc) is 1.98. The lowest BCUT2D eigenvalue weighted by Crippen LogP contribution is -2.27. The van der Waals surface area contributed by atoms with Crippen molar-refractivity contribution >= 4 is 6.09 Å². The molecule has 5 nitrogen and oxygen atoms in total. The van der Waals surface area contributed by atoms with Gasteiger partial charge in [-0.05, 0) is 41.5 Å². The minimum atomic E-state index is -0.725. The summed E-state index contributed by atoms with van der Waals surface area (Å²) in [5, 5.41) is 8.46. The van der Waals surface area contributed by atoms with E-state index in [0.717, 1.165) is 0 Å². The minimum Gasteiger partial charge on any atom is -0.444 e. The number of carbonyl (C=O) groups excluding carboxylic acids is 1. The van der Waals surface area contributed by atoms with E-state index in [9.17, 15) is 4.79 Å². The molecule has 0 aliphatic heterocycles. The van der Waals surface area contributed by atoms with Gasteiger partial charge in [0.2, 0.25) is 0 Å². The Bertz CT molecular complexity index is 187. The smallest absolute Gasteiger partial charge is 0.405 e. The first-order valence-electron chi connectivity index (χ1n) is 5.33. The number of hydrogen-bond donors (Lipinski definition) is 2. The zero-order valence-electron chi connectivity index (χ0n) is 11.1. The van der Waals surface area contributed by atoms with Crippen LogP contribution in [0.25, 0.3) is 0 Å². The Morgan fingerprint density at radius 1 is 1.31 bits per heavy atom. The van der Waals surface area contributed by atoms with Crippen LogP contribution in [0.15, 0.2) is 0 Å². The third-order valence-corrected chi connectivity index (χ3v) is 1.17. The fourth-order valence-electron chi connectivity index (χ4n) is 0.809. The topological polar surface area (TPSA) is 81.8 Å². The first-order valence-corrected chi connectivity index (χ1v) is 5.33. The fraction of sp³-hybridized carbons (Fsp3) is 0.909. The van der Waals surface area contributed by atoms with Crippen molar-refractivity contribution in [2.24, 2.45) is 5.73 Å². The average molecular weight is 235 g/mol. The van der Waals surface area contributed by atoms with E-state index in [4.69, 9.17) is 15.6 Å². The highest BCUT2D eigenvalue weighted by molar-refractivity contribution is 5.65. The lowest BCUT2D eigenvalue weighted by atomic mass is 10.2. The quantitative estimate of drug-likeness (QED) is 0.779. The van der Waals surface area contributed by atoms with Crippen LogP contribution in [0.1, 0.15) is 41.5 Å². The van der Waals surface area contributed by atoms with Crippen molar-refractivity contribution in [1.29, 1.82) is 0 Å². The molecule has 1 atom stereocenters. The summed E-state index contributed by atoms with van der Waals surface area (Å²) >= 11 is 0. The zero-order chi connectivity index (χ0) is 13.4. The van der Waals surface area contributed by atoms with Gasteiger partial charge in [0.1, 0.15) is 5.60 Å². The van der Waals surface area contributed by atoms with E-state index in [1.807, 2.05) is 20.8 Å². The predicted octanol–water partition coefficient (Wildman–Crippen LogP) is 1.67. The first kappa shape index (κ1) is 17.6. The normalized spacial score (nSPS) is 12.8. The van der Waals surface area contributed by atoms with Gasteiger partial charge in [0.15, 0.2) is 0 Å². The molecular formula is C11H25NO4. The van der Waals surface area contributed by atoms with E-state index in [1.54, 1.807) is 20.8 Å². The second-order valence-corrected chi connectivity index (χ2v) is 4.71. The molecule has 1 amide bonds. The molecule has 0 aromatic carbocycles. The Hall–Kier alpha value is -0.810. The number of primary amides is 1. The van der Waals surface area contributed by atoms with Crippen LogP contribution in [-0.4, -0.2) is 35.6 Å². The van der Waals surface area contributed by atoms with Crippen molar-refractivity contribution < 1.29 is 19.4 Å². The molecule has 0 aliphatic rings. The molecule has 0 saturated carbocycles. The molecule has 1 unspecified atom stereocenters. The van der Waals surface area contributed by atoms with Crippen LogP contribution in [0, 0.1) is 0 Å². The lowest BCUT2D eigenvalue weighted by Gasteiger charge is -2.16. The van der Waals surface area contributed by atoms with Crippen LogP contribution in [0.3, 0.4) is 0 Å². The monoisotopic (exact) mass is 235 g/mol. The Labute approximate surface area is 97.9 Å². The lowest BCUT2D eigenvalue weighted by molar-refractivity contribution is -0.0121. The van der Waals surface area contributed by atoms with Crippen molar-refractivity contribution in [2.45, 2.75) is 59.4 Å². The highest BCUT2D eigenvalue weighted by atomic mass is 16.6. The largest absolute Gasteiger partial charge is 0.444 e. The van der Waals surface area contributed by atoms with Crippen LogP contribution in [0.4, 0.5) is 4.79 Å². The fourth-order valence-corrected chi connectivity index (χ4v) is 0.809. The van der Waals surface area contributed by atoms with Gasteiger partial charge >= 0.3 is 6.09 Å². The van der Waals surface area contributed by atoms with E-state index in [2.05, 4.69) is 4.74 Å². The van der Waals surface area contributed by atoms with Crippen LogP contribution >= 0.6 is 0 Å².